The van der Waals surface area contributed by atoms with Gasteiger partial charge in [-0.2, -0.15) is 4.31 Å². The van der Waals surface area contributed by atoms with Gasteiger partial charge < -0.3 is 8.83 Å². The van der Waals surface area contributed by atoms with Gasteiger partial charge in [-0.1, -0.05) is 49.9 Å². The molecule has 2 heterocycles. The van der Waals surface area contributed by atoms with Crippen LogP contribution in [-0.4, -0.2) is 46.2 Å². The Morgan fingerprint density at radius 1 is 0.844 bits per heavy atom. The molecule has 32 heavy (non-hydrogen) atoms. The molecule has 166 valence electrons. The highest BCUT2D eigenvalue weighted by Crippen LogP contribution is 2.28. The lowest BCUT2D eigenvalue weighted by molar-refractivity contribution is 0.445. The lowest BCUT2D eigenvalue weighted by atomic mass is 10.2. The Kier molecular flexibility index (Phi) is 6.68. The molecular formula is C21H21N5O4S2. The molecule has 0 aliphatic rings. The van der Waals surface area contributed by atoms with Gasteiger partial charge in [-0.15, -0.1) is 20.4 Å². The highest BCUT2D eigenvalue weighted by atomic mass is 32.2. The van der Waals surface area contributed by atoms with Gasteiger partial charge in [0.25, 0.3) is 5.22 Å². The average Bonchev–Trinajstić information content (AvgIpc) is 3.49. The number of hydrogen-bond acceptors (Lipinski definition) is 9. The van der Waals surface area contributed by atoms with Gasteiger partial charge in [-0.25, -0.2) is 8.42 Å². The fourth-order valence-corrected chi connectivity index (χ4v) is 5.12. The zero-order chi connectivity index (χ0) is 22.6. The van der Waals surface area contributed by atoms with Gasteiger partial charge in [0.15, 0.2) is 0 Å². The number of nitrogens with zero attached hydrogens (tertiary/aromatic N) is 5. The maximum atomic E-state index is 12.8. The molecular weight excluding hydrogens is 450 g/mol. The minimum Gasteiger partial charge on any atom is -0.420 e. The summed E-state index contributed by atoms with van der Waals surface area (Å²) in [5, 5.41) is 16.5. The smallest absolute Gasteiger partial charge is 0.277 e. The van der Waals surface area contributed by atoms with Crippen LogP contribution in [0.5, 0.6) is 0 Å². The number of sulfonamides is 1. The van der Waals surface area contributed by atoms with E-state index in [1.54, 1.807) is 38.1 Å². The minimum absolute atomic E-state index is 0.186. The maximum absolute atomic E-state index is 12.8. The van der Waals surface area contributed by atoms with Gasteiger partial charge in [0.2, 0.25) is 27.7 Å². The van der Waals surface area contributed by atoms with E-state index < -0.39 is 10.0 Å². The van der Waals surface area contributed by atoms with Crippen molar-refractivity contribution >= 4 is 21.8 Å². The minimum atomic E-state index is -3.58. The fourth-order valence-electron chi connectivity index (χ4n) is 3.02. The quantitative estimate of drug-likeness (QED) is 0.333. The van der Waals surface area contributed by atoms with Crippen LogP contribution in [0.15, 0.2) is 73.5 Å². The molecule has 0 spiro atoms. The second kappa shape index (κ2) is 9.63. The van der Waals surface area contributed by atoms with Crippen molar-refractivity contribution in [3.63, 3.8) is 0 Å². The molecule has 4 aromatic rings. The monoisotopic (exact) mass is 471 g/mol. The van der Waals surface area contributed by atoms with Crippen molar-refractivity contribution in [3.05, 3.63) is 60.5 Å². The zero-order valence-corrected chi connectivity index (χ0v) is 19.1. The van der Waals surface area contributed by atoms with Gasteiger partial charge in [0.1, 0.15) is 0 Å². The average molecular weight is 472 g/mol. The summed E-state index contributed by atoms with van der Waals surface area (Å²) in [6, 6.07) is 16.0. The summed E-state index contributed by atoms with van der Waals surface area (Å²) in [7, 11) is -3.58. The van der Waals surface area contributed by atoms with Crippen molar-refractivity contribution in [3.8, 4) is 22.9 Å². The van der Waals surface area contributed by atoms with Crippen molar-refractivity contribution in [2.24, 2.45) is 0 Å². The maximum Gasteiger partial charge on any atom is 0.277 e. The lowest BCUT2D eigenvalue weighted by Gasteiger charge is -2.18. The third-order valence-corrected chi connectivity index (χ3v) is 7.49. The third-order valence-electron chi connectivity index (χ3n) is 4.64. The van der Waals surface area contributed by atoms with Crippen molar-refractivity contribution in [1.82, 2.24) is 24.7 Å². The Bertz CT molecular complexity index is 1280. The van der Waals surface area contributed by atoms with E-state index in [2.05, 4.69) is 20.4 Å². The predicted octanol–water partition coefficient (Wildman–Crippen LogP) is 4.11. The lowest BCUT2D eigenvalue weighted by Crippen LogP contribution is -2.30. The summed E-state index contributed by atoms with van der Waals surface area (Å²) in [6.07, 6.45) is 0. The van der Waals surface area contributed by atoms with E-state index in [4.69, 9.17) is 8.83 Å². The number of thioether (sulfide) groups is 1. The van der Waals surface area contributed by atoms with E-state index in [-0.39, 0.29) is 10.8 Å². The van der Waals surface area contributed by atoms with Crippen LogP contribution in [0.4, 0.5) is 0 Å². The van der Waals surface area contributed by atoms with Crippen LogP contribution in [-0.2, 0) is 15.8 Å². The van der Waals surface area contributed by atoms with Crippen molar-refractivity contribution in [2.45, 2.75) is 29.7 Å². The summed E-state index contributed by atoms with van der Waals surface area (Å²) in [6.45, 7) is 4.40. The molecule has 0 radical (unpaired) electrons. The molecule has 0 saturated heterocycles. The summed E-state index contributed by atoms with van der Waals surface area (Å²) >= 11 is 1.26. The van der Waals surface area contributed by atoms with Crippen LogP contribution < -0.4 is 0 Å². The molecule has 11 heteroatoms. The number of aromatic nitrogens is 4. The third kappa shape index (κ3) is 4.74. The van der Waals surface area contributed by atoms with Crippen LogP contribution in [0.2, 0.25) is 0 Å². The predicted molar refractivity (Wildman–Crippen MR) is 119 cm³/mol. The first-order valence-corrected chi connectivity index (χ1v) is 12.4. The second-order valence-electron chi connectivity index (χ2n) is 6.65. The Morgan fingerprint density at radius 2 is 1.53 bits per heavy atom. The van der Waals surface area contributed by atoms with E-state index in [1.807, 2.05) is 30.3 Å². The van der Waals surface area contributed by atoms with E-state index in [0.717, 1.165) is 5.56 Å². The van der Waals surface area contributed by atoms with Crippen LogP contribution >= 0.6 is 11.8 Å². The molecule has 0 bridgehead atoms. The molecule has 0 unspecified atom stereocenters. The van der Waals surface area contributed by atoms with E-state index >= 15 is 0 Å². The Labute approximate surface area is 189 Å². The van der Waals surface area contributed by atoms with Crippen LogP contribution in [0.25, 0.3) is 22.9 Å². The largest absolute Gasteiger partial charge is 0.420 e. The van der Waals surface area contributed by atoms with Crippen molar-refractivity contribution in [2.75, 3.05) is 13.1 Å². The first kappa shape index (κ1) is 22.2. The first-order valence-electron chi connectivity index (χ1n) is 9.96. The first-order chi connectivity index (χ1) is 15.5. The van der Waals surface area contributed by atoms with Gasteiger partial charge in [-0.3, -0.25) is 0 Å². The van der Waals surface area contributed by atoms with Crippen molar-refractivity contribution in [1.29, 1.82) is 0 Å². The number of rotatable bonds is 9. The Balaban J connectivity index is 1.46. The molecule has 0 N–H and O–H groups in total. The van der Waals surface area contributed by atoms with Crippen LogP contribution in [0, 0.1) is 0 Å². The molecule has 0 atom stereocenters. The molecule has 0 aliphatic carbocycles. The SMILES string of the molecule is CCN(CC)S(=O)(=O)c1cccc(-c2nnc(SCc3nnc(-c4ccccc4)o3)o2)c1. The van der Waals surface area contributed by atoms with Gasteiger partial charge in [-0.05, 0) is 30.3 Å². The molecule has 2 aromatic carbocycles. The van der Waals surface area contributed by atoms with Gasteiger partial charge >= 0.3 is 0 Å². The second-order valence-corrected chi connectivity index (χ2v) is 9.51. The topological polar surface area (TPSA) is 115 Å². The highest BCUT2D eigenvalue weighted by molar-refractivity contribution is 7.98. The molecule has 0 fully saturated rings. The number of hydrogen-bond donors (Lipinski definition) is 0. The van der Waals surface area contributed by atoms with Crippen LogP contribution in [0.3, 0.4) is 0 Å². The molecule has 0 aliphatic heterocycles. The van der Waals surface area contributed by atoms with E-state index in [1.165, 1.54) is 16.1 Å². The van der Waals surface area contributed by atoms with Crippen molar-refractivity contribution < 1.29 is 17.3 Å². The van der Waals surface area contributed by atoms with Gasteiger partial charge in [0, 0.05) is 24.2 Å². The van der Waals surface area contributed by atoms with E-state index in [9.17, 15) is 8.42 Å². The molecule has 9 nitrogen and oxygen atoms in total. The highest BCUT2D eigenvalue weighted by Gasteiger charge is 2.22. The molecule has 2 aromatic heterocycles. The summed E-state index contributed by atoms with van der Waals surface area (Å²) in [5.41, 5.74) is 1.37. The Hall–Kier alpha value is -3.02. The fraction of sp³-hybridized carbons (Fsp3) is 0.238. The summed E-state index contributed by atoms with van der Waals surface area (Å²) in [5.74, 6) is 1.47. The Morgan fingerprint density at radius 3 is 2.28 bits per heavy atom. The summed E-state index contributed by atoms with van der Waals surface area (Å²) < 4.78 is 38.3. The summed E-state index contributed by atoms with van der Waals surface area (Å²) in [4.78, 5) is 0.186. The molecule has 0 amide bonds. The van der Waals surface area contributed by atoms with Crippen LogP contribution in [0.1, 0.15) is 19.7 Å². The van der Waals surface area contributed by atoms with Gasteiger partial charge in [0.05, 0.1) is 10.6 Å². The zero-order valence-electron chi connectivity index (χ0n) is 17.5. The molecule has 4 rings (SSSR count). The normalized spacial score (nSPS) is 11.8. The number of benzene rings is 2. The standard InChI is InChI=1S/C21H21N5O4S2/c1-3-26(4-2)32(27,28)17-12-8-11-16(13-17)20-24-25-21(30-20)31-14-18-22-23-19(29-18)15-9-6-5-7-10-15/h5-13H,3-4,14H2,1-2H3. The molecule has 0 saturated carbocycles. The van der Waals surface area contributed by atoms with E-state index in [0.29, 0.717) is 41.4 Å².